The Labute approximate surface area is 368 Å². The third kappa shape index (κ3) is 40.2. The van der Waals surface area contributed by atoms with E-state index in [0.717, 1.165) is 64.2 Å². The molecule has 2 atom stereocenters. The number of carboxylic acid groups (broad SMARTS) is 1. The molecular weight excluding hydrogens is 751 g/mol. The summed E-state index contributed by atoms with van der Waals surface area (Å²) >= 11 is 0. The first-order valence-corrected chi connectivity index (χ1v) is 24.0. The van der Waals surface area contributed by atoms with Gasteiger partial charge in [0.1, 0.15) is 12.6 Å². The highest BCUT2D eigenvalue weighted by atomic mass is 16.6. The van der Waals surface area contributed by atoms with Crippen molar-refractivity contribution in [2.75, 3.05) is 41.0 Å². The number of aliphatic carboxylic acids is 1. The van der Waals surface area contributed by atoms with Gasteiger partial charge in [0.15, 0.2) is 6.10 Å². The standard InChI is InChI=1S/C52H89NO7/c1-6-8-10-12-14-16-18-20-22-24-25-27-28-30-32-34-36-38-40-42-50(54)59-47-48(46-58-45-44-49(52(56)57)53(3,4)5)60-51(55)43-41-39-37-35-33-31-29-26-23-21-19-17-15-13-11-9-7-2/h8,10,14,16,20-23,29,31,35,37,48-49H,6-7,9,11-13,15,17-19,24-28,30,32-34,36,38-47H2,1-5H3/b10-8+,16-14+,22-20+,23-21+,31-29+,37-35+. The van der Waals surface area contributed by atoms with Crippen LogP contribution in [-0.2, 0) is 28.6 Å². The second kappa shape index (κ2) is 42.5. The number of quaternary nitrogens is 1. The van der Waals surface area contributed by atoms with Gasteiger partial charge in [-0.25, -0.2) is 0 Å². The van der Waals surface area contributed by atoms with Crippen molar-refractivity contribution in [1.29, 1.82) is 0 Å². The maximum absolute atomic E-state index is 12.7. The van der Waals surface area contributed by atoms with Gasteiger partial charge in [0.05, 0.1) is 40.3 Å². The molecule has 0 amide bonds. The Kier molecular flexibility index (Phi) is 40.2. The molecule has 0 aliphatic heterocycles. The quantitative estimate of drug-likeness (QED) is 0.0261. The third-order valence-corrected chi connectivity index (χ3v) is 10.3. The van der Waals surface area contributed by atoms with Crippen LogP contribution in [0.15, 0.2) is 72.9 Å². The molecule has 0 saturated carbocycles. The number of rotatable bonds is 42. The van der Waals surface area contributed by atoms with Gasteiger partial charge in [0.25, 0.3) is 0 Å². The number of carbonyl (C=O) groups excluding carboxylic acids is 3. The Hall–Kier alpha value is -3.23. The zero-order valence-electron chi connectivity index (χ0n) is 39.1. The first kappa shape index (κ1) is 56.8. The van der Waals surface area contributed by atoms with E-state index in [1.54, 1.807) is 21.1 Å². The van der Waals surface area contributed by atoms with Gasteiger partial charge in [-0.15, -0.1) is 0 Å². The van der Waals surface area contributed by atoms with E-state index < -0.39 is 18.1 Å². The second-order valence-corrected chi connectivity index (χ2v) is 17.0. The first-order valence-electron chi connectivity index (χ1n) is 24.0. The van der Waals surface area contributed by atoms with Crippen molar-refractivity contribution >= 4 is 17.9 Å². The Morgan fingerprint density at radius 2 is 0.950 bits per heavy atom. The van der Waals surface area contributed by atoms with Gasteiger partial charge in [-0.2, -0.15) is 0 Å². The summed E-state index contributed by atoms with van der Waals surface area (Å²) in [5.74, 6) is -1.81. The molecule has 2 unspecified atom stereocenters. The summed E-state index contributed by atoms with van der Waals surface area (Å²) in [4.78, 5) is 36.9. The van der Waals surface area contributed by atoms with Crippen LogP contribution in [0.2, 0.25) is 0 Å². The molecule has 0 spiro atoms. The van der Waals surface area contributed by atoms with Crippen LogP contribution in [-0.4, -0.2) is 75.5 Å². The van der Waals surface area contributed by atoms with Gasteiger partial charge in [-0.05, 0) is 77.0 Å². The van der Waals surface area contributed by atoms with E-state index in [1.165, 1.54) is 83.5 Å². The minimum atomic E-state index is -1.14. The molecule has 0 radical (unpaired) electrons. The average molecular weight is 840 g/mol. The Morgan fingerprint density at radius 1 is 0.517 bits per heavy atom. The predicted molar refractivity (Wildman–Crippen MR) is 249 cm³/mol. The molecule has 0 fully saturated rings. The zero-order valence-corrected chi connectivity index (χ0v) is 39.1. The van der Waals surface area contributed by atoms with Crippen molar-refractivity contribution in [2.24, 2.45) is 0 Å². The lowest BCUT2D eigenvalue weighted by Crippen LogP contribution is -2.55. The summed E-state index contributed by atoms with van der Waals surface area (Å²) < 4.78 is 17.1. The van der Waals surface area contributed by atoms with E-state index in [-0.39, 0.29) is 49.1 Å². The maximum Gasteiger partial charge on any atom is 0.306 e. The van der Waals surface area contributed by atoms with Gasteiger partial charge < -0.3 is 28.6 Å². The number of ether oxygens (including phenoxy) is 3. The molecule has 0 heterocycles. The summed E-state index contributed by atoms with van der Waals surface area (Å²) in [6, 6.07) is -0.738. The number of carbonyl (C=O) groups is 3. The van der Waals surface area contributed by atoms with Crippen LogP contribution in [0.4, 0.5) is 0 Å². The number of esters is 2. The highest BCUT2D eigenvalue weighted by Crippen LogP contribution is 2.14. The number of likely N-dealkylation sites (N-methyl/N-ethyl adjacent to an activating group) is 1. The number of unbranched alkanes of at least 4 members (excludes halogenated alkanes) is 16. The van der Waals surface area contributed by atoms with Crippen molar-refractivity contribution in [3.63, 3.8) is 0 Å². The molecule has 0 aromatic rings. The number of hydrogen-bond donors (Lipinski definition) is 0. The molecule has 0 N–H and O–H groups in total. The lowest BCUT2D eigenvalue weighted by molar-refractivity contribution is -0.889. The average Bonchev–Trinajstić information content (AvgIpc) is 3.21. The minimum absolute atomic E-state index is 0.0160. The van der Waals surface area contributed by atoms with Crippen molar-refractivity contribution in [1.82, 2.24) is 0 Å². The largest absolute Gasteiger partial charge is 0.544 e. The molecule has 0 aromatic heterocycles. The molecule has 8 heteroatoms. The summed E-state index contributed by atoms with van der Waals surface area (Å²) in [6.45, 7) is 4.48. The summed E-state index contributed by atoms with van der Waals surface area (Å²) in [5, 5.41) is 11.6. The maximum atomic E-state index is 12.7. The third-order valence-electron chi connectivity index (χ3n) is 10.3. The van der Waals surface area contributed by atoms with Crippen LogP contribution in [0, 0.1) is 0 Å². The number of carboxylic acids is 1. The summed E-state index contributed by atoms with van der Waals surface area (Å²) in [7, 11) is 5.39. The van der Waals surface area contributed by atoms with Crippen molar-refractivity contribution < 1.29 is 38.2 Å². The molecule has 60 heavy (non-hydrogen) atoms. The van der Waals surface area contributed by atoms with Gasteiger partial charge >= 0.3 is 11.9 Å². The van der Waals surface area contributed by atoms with Gasteiger partial charge in [-0.1, -0.05) is 164 Å². The van der Waals surface area contributed by atoms with E-state index in [2.05, 4.69) is 86.8 Å². The summed E-state index contributed by atoms with van der Waals surface area (Å²) in [6.07, 6.45) is 53.6. The number of hydrogen-bond acceptors (Lipinski definition) is 7. The van der Waals surface area contributed by atoms with Gasteiger partial charge in [-0.3, -0.25) is 9.59 Å². The topological polar surface area (TPSA) is 102 Å². The van der Waals surface area contributed by atoms with Crippen molar-refractivity contribution in [3.05, 3.63) is 72.9 Å². The van der Waals surface area contributed by atoms with Crippen molar-refractivity contribution in [3.8, 4) is 0 Å². The number of allylic oxidation sites excluding steroid dienone is 12. The molecule has 0 saturated heterocycles. The highest BCUT2D eigenvalue weighted by Gasteiger charge is 2.25. The van der Waals surface area contributed by atoms with Crippen LogP contribution in [0.25, 0.3) is 0 Å². The van der Waals surface area contributed by atoms with E-state index in [0.29, 0.717) is 12.8 Å². The lowest BCUT2D eigenvalue weighted by atomic mass is 10.1. The highest BCUT2D eigenvalue weighted by molar-refractivity contribution is 5.70. The molecule has 0 aromatic carbocycles. The Morgan fingerprint density at radius 3 is 1.43 bits per heavy atom. The molecule has 0 rings (SSSR count). The molecule has 0 aliphatic carbocycles. The Bertz CT molecular complexity index is 1210. The smallest absolute Gasteiger partial charge is 0.306 e. The predicted octanol–water partition coefficient (Wildman–Crippen LogP) is 12.2. The molecule has 344 valence electrons. The molecule has 0 bridgehead atoms. The SMILES string of the molecule is CC/C=C/C/C=C/C/C=C/CCCCCCCCCCCC(=O)OCC(COCCC(C(=O)[O-])[N+](C)(C)C)OC(=O)CCC/C=C/C/C=C/C/C=C/CCCCCCCC. The van der Waals surface area contributed by atoms with E-state index in [1.807, 2.05) is 0 Å². The summed E-state index contributed by atoms with van der Waals surface area (Å²) in [5.41, 5.74) is 0. The zero-order chi connectivity index (χ0) is 44.2. The molecule has 8 nitrogen and oxygen atoms in total. The van der Waals surface area contributed by atoms with Gasteiger partial charge in [0, 0.05) is 19.3 Å². The fourth-order valence-electron chi connectivity index (χ4n) is 6.63. The van der Waals surface area contributed by atoms with Crippen LogP contribution in [0.5, 0.6) is 0 Å². The van der Waals surface area contributed by atoms with Crippen LogP contribution in [0.1, 0.15) is 187 Å². The second-order valence-electron chi connectivity index (χ2n) is 17.0. The van der Waals surface area contributed by atoms with Gasteiger partial charge in [0.2, 0.25) is 0 Å². The van der Waals surface area contributed by atoms with E-state index >= 15 is 0 Å². The fraction of sp³-hybridized carbons (Fsp3) is 0.712. The Balaban J connectivity index is 4.38. The molecular formula is C52H89NO7. The molecule has 0 aliphatic rings. The van der Waals surface area contributed by atoms with E-state index in [9.17, 15) is 19.5 Å². The lowest BCUT2D eigenvalue weighted by Gasteiger charge is -2.34. The van der Waals surface area contributed by atoms with Crippen LogP contribution in [0.3, 0.4) is 0 Å². The van der Waals surface area contributed by atoms with Crippen LogP contribution < -0.4 is 5.11 Å². The van der Waals surface area contributed by atoms with Crippen LogP contribution >= 0.6 is 0 Å². The minimum Gasteiger partial charge on any atom is -0.544 e. The fourth-order valence-corrected chi connectivity index (χ4v) is 6.63. The van der Waals surface area contributed by atoms with Crippen molar-refractivity contribution in [2.45, 2.75) is 199 Å². The monoisotopic (exact) mass is 840 g/mol. The first-order chi connectivity index (χ1) is 29.1. The number of nitrogens with zero attached hydrogens (tertiary/aromatic N) is 1. The normalized spacial score (nSPS) is 13.6. The van der Waals surface area contributed by atoms with E-state index in [4.69, 9.17) is 14.2 Å².